The summed E-state index contributed by atoms with van der Waals surface area (Å²) in [5.74, 6) is 0.639. The smallest absolute Gasteiger partial charge is 0.409 e. The van der Waals surface area contributed by atoms with Crippen molar-refractivity contribution in [1.29, 1.82) is 0 Å². The highest BCUT2D eigenvalue weighted by molar-refractivity contribution is 5.75. The van der Waals surface area contributed by atoms with E-state index in [2.05, 4.69) is 34.5 Å². The van der Waals surface area contributed by atoms with Crippen molar-refractivity contribution in [3.05, 3.63) is 35.4 Å². The summed E-state index contributed by atoms with van der Waals surface area (Å²) >= 11 is 0. The molecule has 2 saturated heterocycles. The summed E-state index contributed by atoms with van der Waals surface area (Å²) in [6.45, 7) is 11.3. The molecule has 1 N–H and O–H groups in total. The van der Waals surface area contributed by atoms with E-state index < -0.39 is 0 Å². The van der Waals surface area contributed by atoms with E-state index in [4.69, 9.17) is 4.74 Å². The first-order valence-corrected chi connectivity index (χ1v) is 12.3. The lowest BCUT2D eigenvalue weighted by Gasteiger charge is -2.49. The second-order valence-electron chi connectivity index (χ2n) is 9.56. The summed E-state index contributed by atoms with van der Waals surface area (Å²) in [6, 6.07) is 8.76. The average molecular weight is 445 g/mol. The first kappa shape index (κ1) is 22.9. The molecule has 0 atom stereocenters. The fraction of sp³-hybridized carbons (Fsp3) is 0.680. The molecule has 3 amide bonds. The van der Waals surface area contributed by atoms with E-state index in [0.717, 1.165) is 65.0 Å². The number of nitrogens with zero attached hydrogens (tertiary/aromatic N) is 3. The molecule has 7 heteroatoms. The second-order valence-corrected chi connectivity index (χ2v) is 9.56. The van der Waals surface area contributed by atoms with E-state index in [1.165, 1.54) is 11.1 Å². The Bertz CT molecular complexity index is 805. The molecule has 1 aromatic carbocycles. The molecular formula is C25H40N4O3. The van der Waals surface area contributed by atoms with Crippen molar-refractivity contribution in [1.82, 2.24) is 20.0 Å². The molecule has 0 aliphatic carbocycles. The highest BCUT2D eigenvalue weighted by Crippen LogP contribution is 2.42. The van der Waals surface area contributed by atoms with E-state index in [1.807, 2.05) is 23.6 Å². The highest BCUT2D eigenvalue weighted by Gasteiger charge is 2.43. The van der Waals surface area contributed by atoms with Gasteiger partial charge >= 0.3 is 12.1 Å². The summed E-state index contributed by atoms with van der Waals surface area (Å²) in [5, 5.41) is 2.99. The number of benzene rings is 1. The van der Waals surface area contributed by atoms with Crippen LogP contribution >= 0.6 is 0 Å². The van der Waals surface area contributed by atoms with Gasteiger partial charge in [-0.25, -0.2) is 9.59 Å². The Morgan fingerprint density at radius 3 is 2.50 bits per heavy atom. The van der Waals surface area contributed by atoms with Crippen LogP contribution in [-0.2, 0) is 16.7 Å². The van der Waals surface area contributed by atoms with Crippen LogP contribution in [0.5, 0.6) is 0 Å². The van der Waals surface area contributed by atoms with Gasteiger partial charge in [-0.1, -0.05) is 24.3 Å². The van der Waals surface area contributed by atoms with Gasteiger partial charge in [-0.15, -0.1) is 0 Å². The quantitative estimate of drug-likeness (QED) is 0.769. The number of urea groups is 1. The number of fused-ring (bicyclic) bond motifs is 2. The minimum absolute atomic E-state index is 0. The summed E-state index contributed by atoms with van der Waals surface area (Å²) in [6.07, 6.45) is 4.10. The number of rotatable bonds is 4. The lowest BCUT2D eigenvalue weighted by Crippen LogP contribution is -2.55. The van der Waals surface area contributed by atoms with Crippen molar-refractivity contribution in [2.45, 2.75) is 51.5 Å². The molecule has 3 aliphatic heterocycles. The zero-order valence-electron chi connectivity index (χ0n) is 19.6. The summed E-state index contributed by atoms with van der Waals surface area (Å²) in [4.78, 5) is 31.0. The molecule has 1 spiro atoms. The zero-order chi connectivity index (χ0) is 22.6. The molecule has 4 rings (SSSR count). The molecule has 0 radical (unpaired) electrons. The van der Waals surface area contributed by atoms with Gasteiger partial charge in [-0.05, 0) is 69.7 Å². The number of carbonyl (C=O) groups is 2. The van der Waals surface area contributed by atoms with Crippen LogP contribution in [0.2, 0.25) is 0 Å². The third kappa shape index (κ3) is 4.87. The van der Waals surface area contributed by atoms with Crippen molar-refractivity contribution in [3.63, 3.8) is 0 Å². The Hall–Kier alpha value is -2.28. The van der Waals surface area contributed by atoms with Gasteiger partial charge in [0, 0.05) is 46.1 Å². The topological polar surface area (TPSA) is 65.1 Å². The van der Waals surface area contributed by atoms with Crippen LogP contribution in [0, 0.1) is 5.92 Å². The van der Waals surface area contributed by atoms with Crippen LogP contribution in [-0.4, -0.2) is 79.2 Å². The maximum absolute atomic E-state index is 12.6. The van der Waals surface area contributed by atoms with E-state index >= 15 is 0 Å². The van der Waals surface area contributed by atoms with Gasteiger partial charge in [-0.3, -0.25) is 0 Å². The molecule has 0 unspecified atom stereocenters. The number of amides is 3. The fourth-order valence-corrected chi connectivity index (χ4v) is 5.76. The minimum atomic E-state index is -0.168. The third-order valence-electron chi connectivity index (χ3n) is 7.53. The number of hydrogen-bond donors (Lipinski definition) is 1. The molecule has 0 saturated carbocycles. The fourth-order valence-electron chi connectivity index (χ4n) is 5.76. The molecule has 3 heterocycles. The number of nitrogens with one attached hydrogen (secondary N) is 1. The predicted molar refractivity (Wildman–Crippen MR) is 127 cm³/mol. The van der Waals surface area contributed by atoms with Gasteiger partial charge in [0.2, 0.25) is 0 Å². The van der Waals surface area contributed by atoms with Gasteiger partial charge in [-0.2, -0.15) is 0 Å². The highest BCUT2D eigenvalue weighted by atomic mass is 16.6. The largest absolute Gasteiger partial charge is 0.450 e. The Kier molecular flexibility index (Phi) is 7.23. The maximum atomic E-state index is 12.6. The number of hydrogen-bond acceptors (Lipinski definition) is 4. The normalized spacial score (nSPS) is 21.3. The molecule has 32 heavy (non-hydrogen) atoms. The molecule has 3 aliphatic rings. The summed E-state index contributed by atoms with van der Waals surface area (Å²) in [5.41, 5.74) is 2.80. The Balaban J connectivity index is 0.00000306. The van der Waals surface area contributed by atoms with Gasteiger partial charge in [0.25, 0.3) is 0 Å². The van der Waals surface area contributed by atoms with Crippen molar-refractivity contribution in [2.24, 2.45) is 5.92 Å². The molecule has 178 valence electrons. The Morgan fingerprint density at radius 1 is 1.09 bits per heavy atom. The van der Waals surface area contributed by atoms with Crippen molar-refractivity contribution in [3.8, 4) is 0 Å². The van der Waals surface area contributed by atoms with Crippen molar-refractivity contribution < 1.29 is 15.8 Å². The van der Waals surface area contributed by atoms with Gasteiger partial charge < -0.3 is 24.8 Å². The van der Waals surface area contributed by atoms with Gasteiger partial charge in [0.1, 0.15) is 0 Å². The third-order valence-corrected chi connectivity index (χ3v) is 7.53. The number of piperidine rings is 2. The summed E-state index contributed by atoms with van der Waals surface area (Å²) < 4.78 is 5.14. The van der Waals surface area contributed by atoms with E-state index in [-0.39, 0.29) is 19.0 Å². The lowest BCUT2D eigenvalue weighted by molar-refractivity contribution is 0.0723. The van der Waals surface area contributed by atoms with Crippen LogP contribution in [0.4, 0.5) is 9.59 Å². The van der Waals surface area contributed by atoms with Gasteiger partial charge in [0.05, 0.1) is 6.61 Å². The first-order chi connectivity index (χ1) is 15.5. The summed E-state index contributed by atoms with van der Waals surface area (Å²) in [7, 11) is 0. The molecule has 1 aromatic rings. The molecule has 0 aromatic heterocycles. The Morgan fingerprint density at radius 2 is 1.81 bits per heavy atom. The Labute approximate surface area is 193 Å². The second kappa shape index (κ2) is 10.1. The van der Waals surface area contributed by atoms with Crippen LogP contribution in [0.3, 0.4) is 0 Å². The minimum Gasteiger partial charge on any atom is -0.450 e. The van der Waals surface area contributed by atoms with E-state index in [1.54, 1.807) is 0 Å². The van der Waals surface area contributed by atoms with Crippen molar-refractivity contribution in [2.75, 3.05) is 52.4 Å². The monoisotopic (exact) mass is 444 g/mol. The van der Waals surface area contributed by atoms with Crippen LogP contribution < -0.4 is 5.32 Å². The van der Waals surface area contributed by atoms with E-state index in [9.17, 15) is 9.59 Å². The average Bonchev–Trinajstić information content (AvgIpc) is 2.81. The van der Waals surface area contributed by atoms with Crippen LogP contribution in [0.1, 0.15) is 52.1 Å². The number of ether oxygens (including phenoxy) is 1. The van der Waals surface area contributed by atoms with Crippen LogP contribution in [0.15, 0.2) is 24.3 Å². The van der Waals surface area contributed by atoms with Crippen LogP contribution in [0.25, 0.3) is 0 Å². The standard InChI is InChI=1S/C25H38N4O3.H2/c1-3-26-23(30)29-18-21-7-5-6-8-22(21)25(19-29)11-15-27(16-12-25)17-20-9-13-28(14-10-20)24(31)32-4-2;/h5-8,20H,3-4,9-19H2,1-2H3,(H,26,30);1H. The predicted octanol–water partition coefficient (Wildman–Crippen LogP) is 3.68. The molecular weight excluding hydrogens is 404 g/mol. The maximum Gasteiger partial charge on any atom is 0.409 e. The lowest BCUT2D eigenvalue weighted by atomic mass is 9.68. The number of likely N-dealkylation sites (tertiary alicyclic amines) is 2. The SMILES string of the molecule is CCNC(=O)N1Cc2ccccc2C2(CCN(CC3CCN(C(=O)OCC)CC3)CC2)C1.[HH]. The van der Waals surface area contributed by atoms with E-state index in [0.29, 0.717) is 25.6 Å². The van der Waals surface area contributed by atoms with Gasteiger partial charge in [0.15, 0.2) is 0 Å². The number of carbonyl (C=O) groups excluding carboxylic acids is 2. The molecule has 2 fully saturated rings. The molecule has 7 nitrogen and oxygen atoms in total. The first-order valence-electron chi connectivity index (χ1n) is 12.3. The zero-order valence-corrected chi connectivity index (χ0v) is 19.6. The molecule has 0 bridgehead atoms. The van der Waals surface area contributed by atoms with Crippen molar-refractivity contribution >= 4 is 12.1 Å².